The SMILES string of the molecule is COC(=O)Cn1c(=O)n2c3c(c(Cl)ccc31)NC(=O)C2. The quantitative estimate of drug-likeness (QED) is 0.822. The number of methoxy groups -OCH3 is 1. The van der Waals surface area contributed by atoms with Crippen molar-refractivity contribution in [1.29, 1.82) is 0 Å². The maximum Gasteiger partial charge on any atom is 0.330 e. The molecule has 8 heteroatoms. The number of esters is 1. The Labute approximate surface area is 117 Å². The maximum absolute atomic E-state index is 12.3. The highest BCUT2D eigenvalue weighted by molar-refractivity contribution is 6.35. The summed E-state index contributed by atoms with van der Waals surface area (Å²) in [5, 5.41) is 2.98. The van der Waals surface area contributed by atoms with E-state index in [1.807, 2.05) is 0 Å². The van der Waals surface area contributed by atoms with E-state index in [9.17, 15) is 14.4 Å². The largest absolute Gasteiger partial charge is 0.468 e. The fourth-order valence-corrected chi connectivity index (χ4v) is 2.53. The maximum atomic E-state index is 12.3. The number of nitrogens with one attached hydrogen (secondary N) is 1. The monoisotopic (exact) mass is 295 g/mol. The highest BCUT2D eigenvalue weighted by atomic mass is 35.5. The van der Waals surface area contributed by atoms with Crippen LogP contribution in [0.5, 0.6) is 0 Å². The number of anilines is 1. The summed E-state index contributed by atoms with van der Waals surface area (Å²) in [5.41, 5.74) is 0.996. The number of halogens is 1. The molecular formula is C12H10ClN3O4. The summed E-state index contributed by atoms with van der Waals surface area (Å²) >= 11 is 6.04. The van der Waals surface area contributed by atoms with Crippen LogP contribution in [0.15, 0.2) is 16.9 Å². The first-order valence-corrected chi connectivity index (χ1v) is 6.19. The Morgan fingerprint density at radius 1 is 1.45 bits per heavy atom. The van der Waals surface area contributed by atoms with Gasteiger partial charge in [-0.1, -0.05) is 11.6 Å². The molecule has 1 aliphatic rings. The van der Waals surface area contributed by atoms with Gasteiger partial charge in [0.15, 0.2) is 0 Å². The first-order chi connectivity index (χ1) is 9.52. The minimum absolute atomic E-state index is 0.100. The summed E-state index contributed by atoms with van der Waals surface area (Å²) in [6.45, 7) is -0.315. The lowest BCUT2D eigenvalue weighted by Crippen LogP contribution is -2.33. The molecule has 1 aliphatic heterocycles. The van der Waals surface area contributed by atoms with Crippen LogP contribution in [0.4, 0.5) is 5.69 Å². The van der Waals surface area contributed by atoms with Crippen LogP contribution in [0.2, 0.25) is 5.02 Å². The molecule has 0 saturated carbocycles. The van der Waals surface area contributed by atoms with Crippen molar-refractivity contribution in [3.8, 4) is 0 Å². The third-order valence-corrected chi connectivity index (χ3v) is 3.52. The van der Waals surface area contributed by atoms with Crippen molar-refractivity contribution < 1.29 is 14.3 Å². The molecule has 104 valence electrons. The molecule has 0 fully saturated rings. The van der Waals surface area contributed by atoms with Crippen molar-refractivity contribution in [3.63, 3.8) is 0 Å². The number of amides is 1. The molecule has 0 atom stereocenters. The number of carbonyl (C=O) groups excluding carboxylic acids is 2. The van der Waals surface area contributed by atoms with E-state index in [0.29, 0.717) is 21.7 Å². The van der Waals surface area contributed by atoms with Gasteiger partial charge in [-0.25, -0.2) is 4.79 Å². The zero-order chi connectivity index (χ0) is 14.4. The van der Waals surface area contributed by atoms with Gasteiger partial charge in [0.1, 0.15) is 13.1 Å². The van der Waals surface area contributed by atoms with Crippen molar-refractivity contribution in [2.24, 2.45) is 0 Å². The Morgan fingerprint density at radius 2 is 2.20 bits per heavy atom. The second kappa shape index (κ2) is 4.38. The lowest BCUT2D eigenvalue weighted by Gasteiger charge is -2.15. The third-order valence-electron chi connectivity index (χ3n) is 3.21. The van der Waals surface area contributed by atoms with Crippen LogP contribution in [-0.2, 0) is 27.4 Å². The average Bonchev–Trinajstić information content (AvgIpc) is 2.68. The fourth-order valence-electron chi connectivity index (χ4n) is 2.33. The number of rotatable bonds is 2. The van der Waals surface area contributed by atoms with Crippen LogP contribution < -0.4 is 11.0 Å². The van der Waals surface area contributed by atoms with Crippen molar-refractivity contribution in [2.75, 3.05) is 12.4 Å². The number of imidazole rings is 1. The van der Waals surface area contributed by atoms with Crippen molar-refractivity contribution >= 4 is 40.2 Å². The second-order valence-corrected chi connectivity index (χ2v) is 4.78. The second-order valence-electron chi connectivity index (χ2n) is 4.37. The number of hydrogen-bond donors (Lipinski definition) is 1. The highest BCUT2D eigenvalue weighted by Crippen LogP contribution is 2.32. The molecule has 2 aromatic rings. The van der Waals surface area contributed by atoms with E-state index in [2.05, 4.69) is 10.1 Å². The number of ether oxygens (including phenoxy) is 1. The summed E-state index contributed by atoms with van der Waals surface area (Å²) in [6, 6.07) is 3.21. The van der Waals surface area contributed by atoms with Crippen LogP contribution in [0.1, 0.15) is 0 Å². The Hall–Kier alpha value is -2.28. The minimum atomic E-state index is -0.541. The van der Waals surface area contributed by atoms with Crippen LogP contribution in [0, 0.1) is 0 Å². The Morgan fingerprint density at radius 3 is 2.90 bits per heavy atom. The molecule has 0 unspecified atom stereocenters. The molecule has 0 bridgehead atoms. The Bertz CT molecular complexity index is 805. The third kappa shape index (κ3) is 1.70. The van der Waals surface area contributed by atoms with E-state index in [4.69, 9.17) is 11.6 Å². The van der Waals surface area contributed by atoms with E-state index in [1.165, 1.54) is 16.2 Å². The predicted octanol–water partition coefficient (Wildman–Crippen LogP) is 0.582. The van der Waals surface area contributed by atoms with E-state index in [-0.39, 0.29) is 19.0 Å². The van der Waals surface area contributed by atoms with Crippen LogP contribution in [0.3, 0.4) is 0 Å². The summed E-state index contributed by atoms with van der Waals surface area (Å²) < 4.78 is 7.14. The number of nitrogens with zero attached hydrogens (tertiary/aromatic N) is 2. The number of benzene rings is 1. The zero-order valence-electron chi connectivity index (χ0n) is 10.5. The van der Waals surface area contributed by atoms with Gasteiger partial charge in [0.25, 0.3) is 0 Å². The van der Waals surface area contributed by atoms with Gasteiger partial charge >= 0.3 is 11.7 Å². The molecule has 1 amide bonds. The summed E-state index contributed by atoms with van der Waals surface area (Å²) in [7, 11) is 1.25. The van der Waals surface area contributed by atoms with Gasteiger partial charge in [-0.05, 0) is 12.1 Å². The molecular weight excluding hydrogens is 286 g/mol. The van der Waals surface area contributed by atoms with Crippen molar-refractivity contribution in [2.45, 2.75) is 13.1 Å². The minimum Gasteiger partial charge on any atom is -0.468 e. The van der Waals surface area contributed by atoms with Gasteiger partial charge in [-0.3, -0.25) is 18.7 Å². The standard InChI is InChI=1S/C12H10ClN3O4/c1-20-9(18)5-15-7-3-2-6(13)10-11(7)16(12(15)19)4-8(17)14-10/h2-3H,4-5H2,1H3,(H,14,17). The van der Waals surface area contributed by atoms with Gasteiger partial charge in [-0.15, -0.1) is 0 Å². The normalized spacial score (nSPS) is 13.4. The van der Waals surface area contributed by atoms with Crippen molar-refractivity contribution in [3.05, 3.63) is 27.6 Å². The first-order valence-electron chi connectivity index (χ1n) is 5.81. The molecule has 2 heterocycles. The molecule has 1 aromatic heterocycles. The molecule has 20 heavy (non-hydrogen) atoms. The van der Waals surface area contributed by atoms with Crippen LogP contribution in [0.25, 0.3) is 11.0 Å². The lowest BCUT2D eigenvalue weighted by atomic mass is 10.2. The number of hydrogen-bond acceptors (Lipinski definition) is 4. The van der Waals surface area contributed by atoms with Gasteiger partial charge < -0.3 is 10.1 Å². The van der Waals surface area contributed by atoms with Gasteiger partial charge in [0.05, 0.1) is 28.9 Å². The topological polar surface area (TPSA) is 82.3 Å². The van der Waals surface area contributed by atoms with Gasteiger partial charge in [-0.2, -0.15) is 0 Å². The Balaban J connectivity index is 2.33. The van der Waals surface area contributed by atoms with Crippen LogP contribution in [-0.4, -0.2) is 28.1 Å². The Kier molecular flexibility index (Phi) is 2.79. The molecule has 0 radical (unpaired) electrons. The summed E-state index contributed by atoms with van der Waals surface area (Å²) in [4.78, 5) is 35.3. The van der Waals surface area contributed by atoms with Gasteiger partial charge in [0.2, 0.25) is 5.91 Å². The first kappa shape index (κ1) is 12.7. The van der Waals surface area contributed by atoms with Gasteiger partial charge in [0, 0.05) is 0 Å². The molecule has 1 N–H and O–H groups in total. The smallest absolute Gasteiger partial charge is 0.330 e. The summed E-state index contributed by atoms with van der Waals surface area (Å²) in [6.07, 6.45) is 0. The average molecular weight is 296 g/mol. The van der Waals surface area contributed by atoms with E-state index in [0.717, 1.165) is 0 Å². The van der Waals surface area contributed by atoms with Crippen LogP contribution >= 0.6 is 11.6 Å². The number of aromatic nitrogens is 2. The zero-order valence-corrected chi connectivity index (χ0v) is 11.2. The molecule has 0 aliphatic carbocycles. The number of carbonyl (C=O) groups is 2. The summed E-state index contributed by atoms with van der Waals surface area (Å²) in [5.74, 6) is -0.869. The highest BCUT2D eigenvalue weighted by Gasteiger charge is 2.25. The van der Waals surface area contributed by atoms with Crippen molar-refractivity contribution in [1.82, 2.24) is 9.13 Å². The fraction of sp³-hybridized carbons (Fsp3) is 0.250. The lowest BCUT2D eigenvalue weighted by molar-refractivity contribution is -0.141. The molecule has 0 spiro atoms. The van der Waals surface area contributed by atoms with E-state index < -0.39 is 11.7 Å². The molecule has 7 nitrogen and oxygen atoms in total. The molecule has 1 aromatic carbocycles. The molecule has 3 rings (SSSR count). The predicted molar refractivity (Wildman–Crippen MR) is 71.9 cm³/mol. The van der Waals surface area contributed by atoms with E-state index in [1.54, 1.807) is 12.1 Å². The van der Waals surface area contributed by atoms with E-state index >= 15 is 0 Å². The molecule has 0 saturated heterocycles.